The number of ether oxygens (including phenoxy) is 3. The fraction of sp³-hybridized carbons (Fsp3) is 0.955. The number of carbonyl (C=O) groups excluding carboxylic acids is 2. The molecule has 0 radical (unpaired) electrons. The topological polar surface area (TPSA) is 198 Å². The molecule has 2 amide bonds. The molecule has 0 saturated carbocycles. The lowest BCUT2D eigenvalue weighted by molar-refractivity contribution is -0.303. The summed E-state index contributed by atoms with van der Waals surface area (Å²) in [5, 5.41) is 65.1. The van der Waals surface area contributed by atoms with Gasteiger partial charge in [-0.15, -0.1) is 0 Å². The minimum absolute atomic E-state index is 0.209. The average molecular weight is 817 g/mol. The molecule has 13 nitrogen and oxygen atoms in total. The number of hydrogen-bond acceptors (Lipinski definition) is 11. The third-order valence-corrected chi connectivity index (χ3v) is 11.5. The molecule has 336 valence electrons. The van der Waals surface area contributed by atoms with Crippen molar-refractivity contribution in [2.75, 3.05) is 26.3 Å². The van der Waals surface area contributed by atoms with Gasteiger partial charge in [-0.2, -0.15) is 0 Å². The normalized spacial score (nSPS) is 24.4. The summed E-state index contributed by atoms with van der Waals surface area (Å²) in [7, 11) is 0. The molecule has 0 spiro atoms. The van der Waals surface area contributed by atoms with Crippen LogP contribution < -0.4 is 5.32 Å². The highest BCUT2D eigenvalue weighted by Gasteiger charge is 2.44. The molecule has 9 atom stereocenters. The van der Waals surface area contributed by atoms with Crippen molar-refractivity contribution in [1.82, 2.24) is 10.2 Å². The Morgan fingerprint density at radius 1 is 0.772 bits per heavy atom. The maximum absolute atomic E-state index is 13.0. The monoisotopic (exact) mass is 817 g/mol. The average Bonchev–Trinajstić information content (AvgIpc) is 3.65. The van der Waals surface area contributed by atoms with Gasteiger partial charge in [0.05, 0.1) is 25.4 Å². The summed E-state index contributed by atoms with van der Waals surface area (Å²) in [6, 6.07) is -1.01. The van der Waals surface area contributed by atoms with Crippen LogP contribution in [-0.2, 0) is 19.0 Å². The maximum atomic E-state index is 13.0. The van der Waals surface area contributed by atoms with Crippen molar-refractivity contribution in [2.24, 2.45) is 5.92 Å². The molecular weight excluding hydrogens is 732 g/mol. The summed E-state index contributed by atoms with van der Waals surface area (Å²) in [5.41, 5.74) is -0.470. The first-order valence-electron chi connectivity index (χ1n) is 22.8. The van der Waals surface area contributed by atoms with E-state index in [0.29, 0.717) is 18.8 Å². The molecule has 0 aliphatic carbocycles. The van der Waals surface area contributed by atoms with E-state index in [-0.39, 0.29) is 25.0 Å². The van der Waals surface area contributed by atoms with Crippen LogP contribution in [0, 0.1) is 5.92 Å². The molecular formula is C44H84N2O11. The van der Waals surface area contributed by atoms with E-state index in [2.05, 4.69) is 12.2 Å². The standard InChI is InChI=1S/C44H84N2O11/c1-5-6-7-8-9-10-11-12-13-17-20-23-26-35(48)38(50)34(32-55-42-41(53)40(52)39(51)36(31-47)56-42)45-37(49)27-24-21-18-15-14-16-19-22-25-33-28-29-46(30-33)43(54)57-44(2,3)4/h33-36,38-42,47-48,50-53H,5-32H2,1-4H3,(H,45,49)/t33?,34-,35+,36?,38-,39?,40?,41?,42?/m0/s1. The Kier molecular flexibility index (Phi) is 26.8. The zero-order valence-corrected chi connectivity index (χ0v) is 36.2. The summed E-state index contributed by atoms with van der Waals surface area (Å²) in [5.74, 6) is 0.261. The predicted molar refractivity (Wildman–Crippen MR) is 221 cm³/mol. The van der Waals surface area contributed by atoms with Crippen LogP contribution in [0.2, 0.25) is 0 Å². The van der Waals surface area contributed by atoms with Gasteiger partial charge in [-0.25, -0.2) is 4.79 Å². The van der Waals surface area contributed by atoms with Crippen LogP contribution in [0.5, 0.6) is 0 Å². The van der Waals surface area contributed by atoms with E-state index in [1.54, 1.807) is 0 Å². The third kappa shape index (κ3) is 22.0. The number of rotatable bonds is 31. The molecule has 2 saturated heterocycles. The van der Waals surface area contributed by atoms with Crippen molar-refractivity contribution >= 4 is 12.0 Å². The predicted octanol–water partition coefficient (Wildman–Crippen LogP) is 6.26. The van der Waals surface area contributed by atoms with Gasteiger partial charge in [0.15, 0.2) is 6.29 Å². The van der Waals surface area contributed by atoms with Gasteiger partial charge in [-0.1, -0.05) is 129 Å². The number of carbonyl (C=O) groups is 2. The van der Waals surface area contributed by atoms with E-state index in [4.69, 9.17) is 14.2 Å². The summed E-state index contributed by atoms with van der Waals surface area (Å²) >= 11 is 0. The summed E-state index contributed by atoms with van der Waals surface area (Å²) in [6.07, 6.45) is 15.3. The first-order valence-corrected chi connectivity index (χ1v) is 22.8. The second-order valence-electron chi connectivity index (χ2n) is 17.9. The Bertz CT molecular complexity index is 1040. The molecule has 0 bridgehead atoms. The second-order valence-corrected chi connectivity index (χ2v) is 17.9. The number of amides is 2. The van der Waals surface area contributed by atoms with Crippen molar-refractivity contribution in [3.05, 3.63) is 0 Å². The van der Waals surface area contributed by atoms with Gasteiger partial charge >= 0.3 is 6.09 Å². The number of hydrogen-bond donors (Lipinski definition) is 7. The van der Waals surface area contributed by atoms with Crippen LogP contribution in [0.25, 0.3) is 0 Å². The van der Waals surface area contributed by atoms with Gasteiger partial charge in [0.25, 0.3) is 0 Å². The Hall–Kier alpha value is -1.58. The number of aliphatic hydroxyl groups excluding tert-OH is 6. The van der Waals surface area contributed by atoms with E-state index < -0.39 is 61.2 Å². The molecule has 57 heavy (non-hydrogen) atoms. The molecule has 0 aromatic heterocycles. The van der Waals surface area contributed by atoms with Crippen molar-refractivity contribution in [1.29, 1.82) is 0 Å². The van der Waals surface area contributed by atoms with Gasteiger partial charge < -0.3 is 55.1 Å². The number of unbranched alkanes of at least 4 members (excludes halogenated alkanes) is 18. The molecule has 2 fully saturated rings. The molecule has 2 heterocycles. The van der Waals surface area contributed by atoms with Crippen LogP contribution in [0.1, 0.15) is 182 Å². The smallest absolute Gasteiger partial charge is 0.410 e. The quantitative estimate of drug-likeness (QED) is 0.0390. The lowest BCUT2D eigenvalue weighted by atomic mass is 9.98. The highest BCUT2D eigenvalue weighted by molar-refractivity contribution is 5.76. The van der Waals surface area contributed by atoms with Crippen LogP contribution in [-0.4, -0.2) is 128 Å². The molecule has 2 aliphatic heterocycles. The lowest BCUT2D eigenvalue weighted by Gasteiger charge is -2.40. The second kappa shape index (κ2) is 29.6. The number of nitrogens with zero attached hydrogens (tertiary/aromatic N) is 1. The zero-order chi connectivity index (χ0) is 42.1. The maximum Gasteiger partial charge on any atom is 0.410 e. The number of aliphatic hydroxyl groups is 6. The van der Waals surface area contributed by atoms with Crippen LogP contribution in [0.3, 0.4) is 0 Å². The van der Waals surface area contributed by atoms with E-state index in [9.17, 15) is 40.2 Å². The third-order valence-electron chi connectivity index (χ3n) is 11.5. The van der Waals surface area contributed by atoms with Crippen LogP contribution in [0.15, 0.2) is 0 Å². The first kappa shape index (κ1) is 51.6. The van der Waals surface area contributed by atoms with Gasteiger partial charge in [0, 0.05) is 19.5 Å². The van der Waals surface area contributed by atoms with Crippen LogP contribution in [0.4, 0.5) is 4.79 Å². The van der Waals surface area contributed by atoms with Gasteiger partial charge in [-0.05, 0) is 52.4 Å². The largest absolute Gasteiger partial charge is 0.444 e. The first-order chi connectivity index (χ1) is 27.3. The Morgan fingerprint density at radius 2 is 1.32 bits per heavy atom. The van der Waals surface area contributed by atoms with E-state index >= 15 is 0 Å². The molecule has 7 N–H and O–H groups in total. The molecule has 2 rings (SSSR count). The van der Waals surface area contributed by atoms with Gasteiger partial charge in [0.1, 0.15) is 36.1 Å². The van der Waals surface area contributed by atoms with Crippen molar-refractivity contribution in [3.8, 4) is 0 Å². The minimum Gasteiger partial charge on any atom is -0.444 e. The fourth-order valence-electron chi connectivity index (χ4n) is 7.88. The summed E-state index contributed by atoms with van der Waals surface area (Å²) < 4.78 is 16.6. The molecule has 0 aromatic carbocycles. The van der Waals surface area contributed by atoms with Crippen molar-refractivity contribution < 1.29 is 54.4 Å². The summed E-state index contributed by atoms with van der Waals surface area (Å²) in [6.45, 7) is 8.54. The molecule has 6 unspecified atom stereocenters. The van der Waals surface area contributed by atoms with Crippen LogP contribution >= 0.6 is 0 Å². The summed E-state index contributed by atoms with van der Waals surface area (Å²) in [4.78, 5) is 27.2. The minimum atomic E-state index is -1.62. The zero-order valence-electron chi connectivity index (χ0n) is 36.2. The Labute approximate surface area is 344 Å². The molecule has 2 aliphatic rings. The number of likely N-dealkylation sites (tertiary alicyclic amines) is 1. The fourth-order valence-corrected chi connectivity index (χ4v) is 7.88. The highest BCUT2D eigenvalue weighted by Crippen LogP contribution is 2.25. The van der Waals surface area contributed by atoms with E-state index in [1.807, 2.05) is 25.7 Å². The molecule has 13 heteroatoms. The van der Waals surface area contributed by atoms with Crippen molar-refractivity contribution in [3.63, 3.8) is 0 Å². The lowest BCUT2D eigenvalue weighted by Crippen LogP contribution is -2.60. The number of nitrogens with one attached hydrogen (secondary N) is 1. The van der Waals surface area contributed by atoms with E-state index in [1.165, 1.54) is 64.2 Å². The SMILES string of the molecule is CCCCCCCCCCCCCC[C@@H](O)[C@@H](O)[C@H](COC1OC(CO)C(O)C(O)C1O)NC(=O)CCCCCCCCCCC1CCN(C(=O)OC(C)(C)C)C1. The van der Waals surface area contributed by atoms with E-state index in [0.717, 1.165) is 83.7 Å². The van der Waals surface area contributed by atoms with Gasteiger partial charge in [0.2, 0.25) is 5.91 Å². The Morgan fingerprint density at radius 3 is 1.88 bits per heavy atom. The Balaban J connectivity index is 1.68. The van der Waals surface area contributed by atoms with Crippen molar-refractivity contribution in [2.45, 2.75) is 236 Å². The van der Waals surface area contributed by atoms with Gasteiger partial charge in [-0.3, -0.25) is 4.79 Å². The molecule has 0 aromatic rings. The highest BCUT2D eigenvalue weighted by atomic mass is 16.7.